The minimum absolute atomic E-state index is 0.425. The molecule has 3 rings (SSSR count). The summed E-state index contributed by atoms with van der Waals surface area (Å²) in [5, 5.41) is 5.82. The number of thiocarbonyl (C=S) groups is 2. The van der Waals surface area contributed by atoms with E-state index in [1.807, 2.05) is 78.9 Å². The second-order valence-corrected chi connectivity index (χ2v) is 9.21. The molecule has 0 aliphatic rings. The van der Waals surface area contributed by atoms with Crippen molar-refractivity contribution in [1.29, 1.82) is 0 Å². The van der Waals surface area contributed by atoms with Gasteiger partial charge >= 0.3 is 56.9 Å². The van der Waals surface area contributed by atoms with E-state index in [1.165, 1.54) is 14.6 Å². The summed E-state index contributed by atoms with van der Waals surface area (Å²) < 4.78 is 2.22. The summed E-state index contributed by atoms with van der Waals surface area (Å²) >= 11 is 20.5. The van der Waals surface area contributed by atoms with E-state index in [2.05, 4.69) is 22.8 Å². The summed E-state index contributed by atoms with van der Waals surface area (Å²) in [6.07, 6.45) is 0. The molecular weight excluding hydrogens is 542 g/mol. The van der Waals surface area contributed by atoms with Gasteiger partial charge in [0.15, 0.2) is 0 Å². The Kier molecular flexibility index (Phi) is 14.6. The van der Waals surface area contributed by atoms with Crippen LogP contribution in [0.1, 0.15) is 11.1 Å². The molecule has 2 nitrogen and oxygen atoms in total. The Bertz CT molecular complexity index is 778. The summed E-state index contributed by atoms with van der Waals surface area (Å²) in [5.74, 6) is 0. The molecule has 0 unspecified atom stereocenters. The third kappa shape index (κ3) is 15.2. The molecule has 150 valence electrons. The van der Waals surface area contributed by atoms with Gasteiger partial charge in [0.05, 0.1) is 0 Å². The van der Waals surface area contributed by atoms with Crippen LogP contribution in [0.3, 0.4) is 0 Å². The average molecular weight is 563 g/mol. The van der Waals surface area contributed by atoms with Gasteiger partial charge in [-0.3, -0.25) is 0 Å². The van der Waals surface area contributed by atoms with Crippen molar-refractivity contribution in [2.24, 2.45) is 0 Å². The standard InChI is InChI=1S/2C8H9NS2.C6H5.Sb/c2*10-8(11)9-6-7-4-2-1-3-5-7;1-2-4-6-5-3-1;/h2*1-5H,6H2,(H2,9,10,11);1-5H;/p-2. The molecule has 2 N–H and O–H groups in total. The van der Waals surface area contributed by atoms with Crippen LogP contribution in [0.4, 0.5) is 0 Å². The molecule has 29 heavy (non-hydrogen) atoms. The molecule has 7 heteroatoms. The zero-order chi connectivity index (χ0) is 21.3. The maximum absolute atomic E-state index is 4.70. The van der Waals surface area contributed by atoms with Crippen molar-refractivity contribution in [3.05, 3.63) is 102 Å². The van der Waals surface area contributed by atoms with Gasteiger partial charge in [-0.15, -0.1) is 0 Å². The van der Waals surface area contributed by atoms with Crippen molar-refractivity contribution in [3.8, 4) is 0 Å². The van der Waals surface area contributed by atoms with Crippen molar-refractivity contribution < 1.29 is 0 Å². The second kappa shape index (κ2) is 16.5. The molecule has 0 atom stereocenters. The molecule has 0 aliphatic heterocycles. The first-order chi connectivity index (χ1) is 14.0. The van der Waals surface area contributed by atoms with Gasteiger partial charge in [0.2, 0.25) is 0 Å². The summed E-state index contributed by atoms with van der Waals surface area (Å²) in [7, 11) is 0. The molecule has 0 aromatic heterocycles. The van der Waals surface area contributed by atoms with Crippen LogP contribution in [0.25, 0.3) is 0 Å². The van der Waals surface area contributed by atoms with Gasteiger partial charge in [0, 0.05) is 13.1 Å². The van der Waals surface area contributed by atoms with Crippen LogP contribution in [-0.2, 0) is 38.3 Å². The Balaban J connectivity index is 0.000000223. The summed E-state index contributed by atoms with van der Waals surface area (Å²) in [6.45, 7) is 1.45. The normalized spacial score (nSPS) is 9.00. The van der Waals surface area contributed by atoms with Crippen LogP contribution >= 0.6 is 24.4 Å². The van der Waals surface area contributed by atoms with Gasteiger partial charge in [0.1, 0.15) is 0 Å². The zero-order valence-electron chi connectivity index (χ0n) is 15.7. The summed E-state index contributed by atoms with van der Waals surface area (Å²) in [6, 6.07) is 30.4. The predicted octanol–water partition coefficient (Wildman–Crippen LogP) is 3.70. The predicted molar refractivity (Wildman–Crippen MR) is 138 cm³/mol. The Morgan fingerprint density at radius 1 is 0.621 bits per heavy atom. The fraction of sp³-hybridized carbons (Fsp3) is 0.0909. The SMILES string of the molecule is S=C([S-])NCc1ccccc1.S=C([S-])NCc1ccccc1.[Sb][c]1ccccc1. The Labute approximate surface area is 209 Å². The third-order valence-electron chi connectivity index (χ3n) is 3.32. The topological polar surface area (TPSA) is 24.1 Å². The fourth-order valence-electron chi connectivity index (χ4n) is 1.97. The molecule has 0 spiro atoms. The van der Waals surface area contributed by atoms with E-state index in [0.717, 1.165) is 13.1 Å². The average Bonchev–Trinajstić information content (AvgIpc) is 2.74. The molecule has 0 amide bonds. The van der Waals surface area contributed by atoms with Crippen molar-refractivity contribution in [1.82, 2.24) is 10.6 Å². The molecule has 2 radical (unpaired) electrons. The van der Waals surface area contributed by atoms with E-state index >= 15 is 0 Å². The number of hydrogen-bond donors (Lipinski definition) is 2. The van der Waals surface area contributed by atoms with E-state index in [0.29, 0.717) is 8.64 Å². The number of rotatable bonds is 4. The molecule has 0 aliphatic carbocycles. The Morgan fingerprint density at radius 3 is 1.17 bits per heavy atom. The van der Waals surface area contributed by atoms with Gasteiger partial charge in [-0.05, 0) is 11.1 Å². The summed E-state index contributed by atoms with van der Waals surface area (Å²) in [5.41, 5.74) is 2.39. The zero-order valence-corrected chi connectivity index (χ0v) is 21.5. The van der Waals surface area contributed by atoms with Crippen LogP contribution < -0.4 is 14.1 Å². The van der Waals surface area contributed by atoms with Crippen LogP contribution in [0.5, 0.6) is 0 Å². The molecule has 3 aromatic carbocycles. The maximum atomic E-state index is 4.70. The number of benzene rings is 3. The van der Waals surface area contributed by atoms with Crippen LogP contribution in [0.15, 0.2) is 91.0 Å². The molecular formula is C22H21N2S4Sb-2. The molecule has 3 aromatic rings. The van der Waals surface area contributed by atoms with Crippen LogP contribution in [0, 0.1) is 0 Å². The van der Waals surface area contributed by atoms with Crippen molar-refractivity contribution in [3.63, 3.8) is 0 Å². The molecule has 0 bridgehead atoms. The number of hydrogen-bond acceptors (Lipinski definition) is 4. The van der Waals surface area contributed by atoms with Gasteiger partial charge in [-0.2, -0.15) is 0 Å². The third-order valence-corrected chi connectivity index (χ3v) is 4.74. The van der Waals surface area contributed by atoms with Crippen molar-refractivity contribution >= 4 is 84.9 Å². The molecule has 0 saturated carbocycles. The Hall–Kier alpha value is -1.30. The molecule has 0 saturated heterocycles. The number of nitrogens with one attached hydrogen (secondary N) is 2. The van der Waals surface area contributed by atoms with E-state index in [9.17, 15) is 0 Å². The van der Waals surface area contributed by atoms with Crippen LogP contribution in [0.2, 0.25) is 0 Å². The van der Waals surface area contributed by atoms with Gasteiger partial charge in [0.25, 0.3) is 0 Å². The van der Waals surface area contributed by atoms with E-state index < -0.39 is 0 Å². The van der Waals surface area contributed by atoms with E-state index in [4.69, 9.17) is 49.7 Å². The van der Waals surface area contributed by atoms with Gasteiger partial charge in [-0.25, -0.2) is 0 Å². The second-order valence-electron chi connectivity index (χ2n) is 5.59. The Morgan fingerprint density at radius 2 is 0.931 bits per heavy atom. The van der Waals surface area contributed by atoms with Crippen molar-refractivity contribution in [2.75, 3.05) is 0 Å². The van der Waals surface area contributed by atoms with E-state index in [1.54, 1.807) is 23.0 Å². The first-order valence-corrected chi connectivity index (χ1v) is 11.6. The first kappa shape index (κ1) is 25.7. The van der Waals surface area contributed by atoms with Crippen LogP contribution in [-0.4, -0.2) is 31.7 Å². The van der Waals surface area contributed by atoms with E-state index in [-0.39, 0.29) is 0 Å². The molecule has 0 heterocycles. The van der Waals surface area contributed by atoms with Gasteiger partial charge in [-0.1, -0.05) is 69.3 Å². The monoisotopic (exact) mass is 562 g/mol. The quantitative estimate of drug-likeness (QED) is 0.286. The minimum atomic E-state index is 0.425. The van der Waals surface area contributed by atoms with Crippen molar-refractivity contribution in [2.45, 2.75) is 13.1 Å². The van der Waals surface area contributed by atoms with Gasteiger partial charge < -0.3 is 60.3 Å². The molecule has 0 fully saturated rings. The summed E-state index contributed by atoms with van der Waals surface area (Å²) in [4.78, 5) is 0. The first-order valence-electron chi connectivity index (χ1n) is 8.69. The fourth-order valence-corrected chi connectivity index (χ4v) is 2.75.